The van der Waals surface area contributed by atoms with Gasteiger partial charge in [-0.2, -0.15) is 0 Å². The average Bonchev–Trinajstić information content (AvgIpc) is 3.04. The van der Waals surface area contributed by atoms with Gasteiger partial charge in [-0.3, -0.25) is 0 Å². The molecule has 0 unspecified atom stereocenters. The van der Waals surface area contributed by atoms with Crippen molar-refractivity contribution in [3.05, 3.63) is 36.5 Å². The highest BCUT2D eigenvalue weighted by Gasteiger charge is 2.32. The van der Waals surface area contributed by atoms with Gasteiger partial charge < -0.3 is 20.1 Å². The van der Waals surface area contributed by atoms with Crippen LogP contribution in [-0.4, -0.2) is 57.4 Å². The number of aliphatic hydroxyl groups excluding tert-OH is 1. The fraction of sp³-hybridized carbons (Fsp3) is 0.467. The van der Waals surface area contributed by atoms with Crippen LogP contribution in [0.1, 0.15) is 12.1 Å². The first-order chi connectivity index (χ1) is 11.3. The first-order valence-corrected chi connectivity index (χ1v) is 7.52. The minimum Gasteiger partial charge on any atom is -0.390 e. The van der Waals surface area contributed by atoms with E-state index < -0.39 is 0 Å². The van der Waals surface area contributed by atoms with Gasteiger partial charge in [0.25, 0.3) is 0 Å². The summed E-state index contributed by atoms with van der Waals surface area (Å²) >= 11 is 0. The van der Waals surface area contributed by atoms with Gasteiger partial charge >= 0.3 is 0 Å². The van der Waals surface area contributed by atoms with Gasteiger partial charge in [0.15, 0.2) is 0 Å². The van der Waals surface area contributed by atoms with Crippen LogP contribution in [0, 0.1) is 0 Å². The molecule has 0 spiro atoms. The summed E-state index contributed by atoms with van der Waals surface area (Å²) in [7, 11) is 1.73. The molecule has 1 aliphatic rings. The van der Waals surface area contributed by atoms with Crippen molar-refractivity contribution in [2.75, 3.05) is 30.4 Å². The molecule has 0 amide bonds. The first kappa shape index (κ1) is 15.6. The highest BCUT2D eigenvalue weighted by Crippen LogP contribution is 2.25. The largest absolute Gasteiger partial charge is 0.390 e. The molecule has 0 aliphatic carbocycles. The Kier molecular flexibility index (Phi) is 4.94. The van der Waals surface area contributed by atoms with Crippen LogP contribution < -0.4 is 10.2 Å². The average molecular weight is 316 g/mol. The number of hydrogen-bond acceptors (Lipinski definition) is 8. The lowest BCUT2D eigenvalue weighted by atomic mass is 10.2. The van der Waals surface area contributed by atoms with Gasteiger partial charge in [0.2, 0.25) is 5.95 Å². The van der Waals surface area contributed by atoms with Crippen LogP contribution in [0.25, 0.3) is 0 Å². The Morgan fingerprint density at radius 2 is 2.26 bits per heavy atom. The molecule has 1 aliphatic heterocycles. The fourth-order valence-electron chi connectivity index (χ4n) is 2.75. The van der Waals surface area contributed by atoms with Crippen LogP contribution in [0.3, 0.4) is 0 Å². The summed E-state index contributed by atoms with van der Waals surface area (Å²) in [6.07, 6.45) is 5.98. The molecule has 122 valence electrons. The summed E-state index contributed by atoms with van der Waals surface area (Å²) in [6, 6.07) is 3.80. The Morgan fingerprint density at radius 3 is 3.00 bits per heavy atom. The van der Waals surface area contributed by atoms with E-state index in [4.69, 9.17) is 9.84 Å². The Hall–Kier alpha value is -2.32. The molecule has 1 fully saturated rings. The molecular formula is C15H20N6O2. The summed E-state index contributed by atoms with van der Waals surface area (Å²) in [5, 5.41) is 12.4. The van der Waals surface area contributed by atoms with E-state index in [0.29, 0.717) is 18.2 Å². The highest BCUT2D eigenvalue weighted by molar-refractivity contribution is 5.41. The van der Waals surface area contributed by atoms with E-state index >= 15 is 0 Å². The molecule has 0 radical (unpaired) electrons. The lowest BCUT2D eigenvalue weighted by Gasteiger charge is -2.25. The summed E-state index contributed by atoms with van der Waals surface area (Å²) in [6.45, 7) is 1.36. The van der Waals surface area contributed by atoms with Gasteiger partial charge in [-0.15, -0.1) is 0 Å². The van der Waals surface area contributed by atoms with Crippen LogP contribution in [0.4, 0.5) is 11.8 Å². The maximum absolute atomic E-state index is 9.14. The van der Waals surface area contributed by atoms with Crippen LogP contribution in [-0.2, 0) is 11.3 Å². The molecular weight excluding hydrogens is 296 g/mol. The molecule has 1 saturated heterocycles. The van der Waals surface area contributed by atoms with Crippen molar-refractivity contribution in [1.29, 1.82) is 0 Å². The van der Waals surface area contributed by atoms with Gasteiger partial charge in [0.05, 0.1) is 24.4 Å². The molecule has 23 heavy (non-hydrogen) atoms. The second-order valence-electron chi connectivity index (χ2n) is 5.38. The molecule has 2 N–H and O–H groups in total. The van der Waals surface area contributed by atoms with Crippen molar-refractivity contribution < 1.29 is 9.84 Å². The van der Waals surface area contributed by atoms with Crippen LogP contribution in [0.15, 0.2) is 30.9 Å². The Morgan fingerprint density at radius 1 is 1.35 bits per heavy atom. The number of rotatable bonds is 6. The number of methoxy groups -OCH3 is 1. The lowest BCUT2D eigenvalue weighted by molar-refractivity contribution is 0.118. The second kappa shape index (κ2) is 7.30. The van der Waals surface area contributed by atoms with E-state index in [-0.39, 0.29) is 18.8 Å². The molecule has 8 heteroatoms. The fourth-order valence-corrected chi connectivity index (χ4v) is 2.75. The highest BCUT2D eigenvalue weighted by atomic mass is 16.5. The van der Waals surface area contributed by atoms with Gasteiger partial charge in [-0.05, 0) is 18.6 Å². The monoisotopic (exact) mass is 316 g/mol. The second-order valence-corrected chi connectivity index (χ2v) is 5.38. The van der Waals surface area contributed by atoms with Gasteiger partial charge in [-0.25, -0.2) is 19.9 Å². The maximum atomic E-state index is 9.14. The normalized spacial score (nSPS) is 20.7. The van der Waals surface area contributed by atoms with E-state index in [0.717, 1.165) is 18.8 Å². The standard InChI is InChI=1S/C15H20N6O2/c1-23-13-6-12(21(8-13)14-3-4-16-10-19-14)7-18-15-17-5-2-11(9-22)20-15/h2-5,10,12-13,22H,6-9H2,1H3,(H,17,18,20)/t12-,13-/m1/s1. The SMILES string of the molecule is CO[C@@H]1C[C@H](CNc2nccc(CO)n2)N(c2ccncn2)C1. The van der Waals surface area contributed by atoms with Crippen molar-refractivity contribution in [3.8, 4) is 0 Å². The quantitative estimate of drug-likeness (QED) is 0.794. The minimum atomic E-state index is -0.0978. The smallest absolute Gasteiger partial charge is 0.223 e. The predicted molar refractivity (Wildman–Crippen MR) is 85.0 cm³/mol. The zero-order chi connectivity index (χ0) is 16.1. The van der Waals surface area contributed by atoms with Gasteiger partial charge in [0.1, 0.15) is 12.1 Å². The van der Waals surface area contributed by atoms with Crippen LogP contribution >= 0.6 is 0 Å². The van der Waals surface area contributed by atoms with Crippen molar-refractivity contribution in [2.45, 2.75) is 25.2 Å². The zero-order valence-corrected chi connectivity index (χ0v) is 13.0. The Balaban J connectivity index is 1.69. The topological polar surface area (TPSA) is 96.3 Å². The number of aromatic nitrogens is 4. The molecule has 3 heterocycles. The molecule has 2 atom stereocenters. The van der Waals surface area contributed by atoms with E-state index in [9.17, 15) is 0 Å². The van der Waals surface area contributed by atoms with E-state index in [1.807, 2.05) is 6.07 Å². The van der Waals surface area contributed by atoms with Crippen molar-refractivity contribution in [2.24, 2.45) is 0 Å². The van der Waals surface area contributed by atoms with Crippen LogP contribution in [0.2, 0.25) is 0 Å². The molecule has 2 aromatic heterocycles. The summed E-state index contributed by atoms with van der Waals surface area (Å²) in [4.78, 5) is 18.9. The van der Waals surface area contributed by atoms with E-state index in [2.05, 4.69) is 30.2 Å². The molecule has 8 nitrogen and oxygen atoms in total. The molecule has 0 aromatic carbocycles. The molecule has 3 rings (SSSR count). The summed E-state index contributed by atoms with van der Waals surface area (Å²) in [5.74, 6) is 1.40. The third-order valence-electron chi connectivity index (χ3n) is 3.94. The number of aliphatic hydroxyl groups is 1. The van der Waals surface area contributed by atoms with E-state index in [1.165, 1.54) is 0 Å². The van der Waals surface area contributed by atoms with Crippen LogP contribution in [0.5, 0.6) is 0 Å². The summed E-state index contributed by atoms with van der Waals surface area (Å²) < 4.78 is 5.50. The van der Waals surface area contributed by atoms with Crippen molar-refractivity contribution in [3.63, 3.8) is 0 Å². The first-order valence-electron chi connectivity index (χ1n) is 7.52. The zero-order valence-electron chi connectivity index (χ0n) is 13.0. The third kappa shape index (κ3) is 3.72. The number of anilines is 2. The lowest BCUT2D eigenvalue weighted by Crippen LogP contribution is -2.36. The van der Waals surface area contributed by atoms with E-state index in [1.54, 1.807) is 31.9 Å². The molecule has 0 saturated carbocycles. The Bertz CT molecular complexity index is 626. The number of nitrogens with zero attached hydrogens (tertiary/aromatic N) is 5. The number of hydrogen-bond donors (Lipinski definition) is 2. The van der Waals surface area contributed by atoms with Crippen molar-refractivity contribution in [1.82, 2.24) is 19.9 Å². The predicted octanol–water partition coefficient (Wildman–Crippen LogP) is 0.465. The van der Waals surface area contributed by atoms with Gasteiger partial charge in [0, 0.05) is 32.6 Å². The molecule has 0 bridgehead atoms. The number of nitrogens with one attached hydrogen (secondary N) is 1. The Labute approximate surface area is 134 Å². The maximum Gasteiger partial charge on any atom is 0.223 e. The van der Waals surface area contributed by atoms with Crippen molar-refractivity contribution >= 4 is 11.8 Å². The van der Waals surface area contributed by atoms with Gasteiger partial charge in [-0.1, -0.05) is 0 Å². The number of ether oxygens (including phenoxy) is 1. The molecule has 2 aromatic rings. The summed E-state index contributed by atoms with van der Waals surface area (Å²) in [5.41, 5.74) is 0.594. The third-order valence-corrected chi connectivity index (χ3v) is 3.94. The minimum absolute atomic E-state index is 0.0978.